The predicted molar refractivity (Wildman–Crippen MR) is 71.0 cm³/mol. The zero-order valence-electron chi connectivity index (χ0n) is 11.6. The van der Waals surface area contributed by atoms with Crippen molar-refractivity contribution in [2.24, 2.45) is 0 Å². The molecule has 1 aliphatic heterocycles. The van der Waals surface area contributed by atoms with E-state index in [1.54, 1.807) is 7.11 Å². The maximum Gasteiger partial charge on any atom is 0.122 e. The van der Waals surface area contributed by atoms with E-state index in [1.807, 2.05) is 26.0 Å². The summed E-state index contributed by atoms with van der Waals surface area (Å²) in [6.07, 6.45) is 1.58. The fourth-order valence-corrected chi connectivity index (χ4v) is 2.62. The van der Waals surface area contributed by atoms with E-state index >= 15 is 0 Å². The van der Waals surface area contributed by atoms with E-state index in [0.717, 1.165) is 35.3 Å². The van der Waals surface area contributed by atoms with Crippen LogP contribution < -0.4 is 4.74 Å². The quantitative estimate of drug-likeness (QED) is 0.896. The molecule has 3 nitrogen and oxygen atoms in total. The largest absolute Gasteiger partial charge is 0.496 e. The van der Waals surface area contributed by atoms with Crippen LogP contribution in [0.25, 0.3) is 0 Å². The van der Waals surface area contributed by atoms with Gasteiger partial charge in [-0.3, -0.25) is 0 Å². The van der Waals surface area contributed by atoms with Crippen LogP contribution in [0.5, 0.6) is 5.75 Å². The van der Waals surface area contributed by atoms with E-state index in [4.69, 9.17) is 9.47 Å². The van der Waals surface area contributed by atoms with Gasteiger partial charge in [-0.05, 0) is 62.4 Å². The predicted octanol–water partition coefficient (Wildman–Crippen LogP) is 2.91. The van der Waals surface area contributed by atoms with Gasteiger partial charge in [0.2, 0.25) is 0 Å². The van der Waals surface area contributed by atoms with Crippen molar-refractivity contribution in [2.45, 2.75) is 51.9 Å². The molecule has 0 aromatic heterocycles. The van der Waals surface area contributed by atoms with Crippen LogP contribution >= 0.6 is 0 Å². The zero-order chi connectivity index (χ0) is 13.3. The van der Waals surface area contributed by atoms with Crippen molar-refractivity contribution in [1.29, 1.82) is 0 Å². The van der Waals surface area contributed by atoms with Gasteiger partial charge in [-0.2, -0.15) is 0 Å². The number of aliphatic hydroxyl groups excluding tert-OH is 1. The monoisotopic (exact) mass is 250 g/mol. The van der Waals surface area contributed by atoms with Gasteiger partial charge in [-0.1, -0.05) is 0 Å². The van der Waals surface area contributed by atoms with Crippen molar-refractivity contribution in [3.05, 3.63) is 28.8 Å². The van der Waals surface area contributed by atoms with Gasteiger partial charge in [0, 0.05) is 0 Å². The SMILES string of the molecule is COc1cc(C)c(C(O)C2CCC(C)O2)cc1C. The molecule has 0 aliphatic carbocycles. The smallest absolute Gasteiger partial charge is 0.122 e. The number of hydrogen-bond acceptors (Lipinski definition) is 3. The second-order valence-electron chi connectivity index (χ2n) is 5.19. The highest BCUT2D eigenvalue weighted by atomic mass is 16.5. The lowest BCUT2D eigenvalue weighted by molar-refractivity contribution is -0.0300. The Morgan fingerprint density at radius 1 is 1.28 bits per heavy atom. The van der Waals surface area contributed by atoms with Crippen molar-refractivity contribution in [1.82, 2.24) is 0 Å². The summed E-state index contributed by atoms with van der Waals surface area (Å²) in [5.74, 6) is 0.865. The molecule has 18 heavy (non-hydrogen) atoms. The number of methoxy groups -OCH3 is 1. The molecule has 3 atom stereocenters. The third-order valence-electron chi connectivity index (χ3n) is 3.72. The molecule has 1 aromatic rings. The van der Waals surface area contributed by atoms with E-state index in [2.05, 4.69) is 6.92 Å². The average Bonchev–Trinajstić information content (AvgIpc) is 2.77. The first-order valence-corrected chi connectivity index (χ1v) is 6.51. The lowest BCUT2D eigenvalue weighted by Gasteiger charge is -2.21. The molecule has 1 aromatic carbocycles. The molecule has 0 amide bonds. The molecule has 0 radical (unpaired) electrons. The minimum absolute atomic E-state index is 0.0773. The Morgan fingerprint density at radius 2 is 2.00 bits per heavy atom. The number of ether oxygens (including phenoxy) is 2. The minimum atomic E-state index is -0.542. The number of rotatable bonds is 3. The highest BCUT2D eigenvalue weighted by Crippen LogP contribution is 2.33. The molecule has 0 spiro atoms. The molecule has 0 saturated carbocycles. The molecule has 3 heteroatoms. The Labute approximate surface area is 109 Å². The number of hydrogen-bond donors (Lipinski definition) is 1. The van der Waals surface area contributed by atoms with Crippen molar-refractivity contribution < 1.29 is 14.6 Å². The van der Waals surface area contributed by atoms with Crippen LogP contribution in [0.1, 0.15) is 42.6 Å². The van der Waals surface area contributed by atoms with Crippen LogP contribution in [0.15, 0.2) is 12.1 Å². The molecule has 2 rings (SSSR count). The zero-order valence-corrected chi connectivity index (χ0v) is 11.6. The van der Waals surface area contributed by atoms with Gasteiger partial charge < -0.3 is 14.6 Å². The Bertz CT molecular complexity index is 428. The topological polar surface area (TPSA) is 38.7 Å². The summed E-state index contributed by atoms with van der Waals surface area (Å²) in [4.78, 5) is 0. The summed E-state index contributed by atoms with van der Waals surface area (Å²) in [6.45, 7) is 6.05. The van der Waals surface area contributed by atoms with Crippen LogP contribution in [0.4, 0.5) is 0 Å². The lowest BCUT2D eigenvalue weighted by atomic mass is 9.95. The van der Waals surface area contributed by atoms with Crippen LogP contribution in [0.3, 0.4) is 0 Å². The molecule has 1 N–H and O–H groups in total. The number of benzene rings is 1. The average molecular weight is 250 g/mol. The van der Waals surface area contributed by atoms with Crippen LogP contribution in [-0.2, 0) is 4.74 Å². The fraction of sp³-hybridized carbons (Fsp3) is 0.600. The Morgan fingerprint density at radius 3 is 2.56 bits per heavy atom. The Hall–Kier alpha value is -1.06. The van der Waals surface area contributed by atoms with E-state index < -0.39 is 6.10 Å². The van der Waals surface area contributed by atoms with Gasteiger partial charge in [0.1, 0.15) is 11.9 Å². The van der Waals surface area contributed by atoms with Gasteiger partial charge in [0.05, 0.1) is 19.3 Å². The molecule has 1 heterocycles. The second kappa shape index (κ2) is 5.29. The highest BCUT2D eigenvalue weighted by Gasteiger charge is 2.30. The van der Waals surface area contributed by atoms with E-state index in [-0.39, 0.29) is 12.2 Å². The van der Waals surface area contributed by atoms with Crippen molar-refractivity contribution >= 4 is 0 Å². The molecular formula is C15H22O3. The van der Waals surface area contributed by atoms with Crippen molar-refractivity contribution in [3.8, 4) is 5.75 Å². The van der Waals surface area contributed by atoms with Gasteiger partial charge in [0.25, 0.3) is 0 Å². The third-order valence-corrected chi connectivity index (χ3v) is 3.72. The van der Waals surface area contributed by atoms with E-state index in [1.165, 1.54) is 0 Å². The van der Waals surface area contributed by atoms with Gasteiger partial charge in [-0.25, -0.2) is 0 Å². The summed E-state index contributed by atoms with van der Waals surface area (Å²) in [5, 5.41) is 10.4. The second-order valence-corrected chi connectivity index (χ2v) is 5.19. The van der Waals surface area contributed by atoms with E-state index in [0.29, 0.717) is 0 Å². The molecule has 1 fully saturated rings. The summed E-state index contributed by atoms with van der Waals surface area (Å²) in [6, 6.07) is 3.98. The number of aliphatic hydroxyl groups is 1. The fourth-order valence-electron chi connectivity index (χ4n) is 2.62. The normalized spacial score (nSPS) is 25.2. The molecular weight excluding hydrogens is 228 g/mol. The summed E-state index contributed by atoms with van der Waals surface area (Å²) >= 11 is 0. The van der Waals surface area contributed by atoms with Crippen molar-refractivity contribution in [2.75, 3.05) is 7.11 Å². The van der Waals surface area contributed by atoms with Gasteiger partial charge in [0.15, 0.2) is 0 Å². The van der Waals surface area contributed by atoms with Crippen LogP contribution in [0.2, 0.25) is 0 Å². The molecule has 3 unspecified atom stereocenters. The third kappa shape index (κ3) is 2.52. The summed E-state index contributed by atoms with van der Waals surface area (Å²) in [7, 11) is 1.67. The first-order valence-electron chi connectivity index (χ1n) is 6.51. The maximum atomic E-state index is 10.4. The first-order chi connectivity index (χ1) is 8.52. The van der Waals surface area contributed by atoms with Crippen LogP contribution in [-0.4, -0.2) is 24.4 Å². The first kappa shape index (κ1) is 13.4. The van der Waals surface area contributed by atoms with E-state index in [9.17, 15) is 5.11 Å². The summed E-state index contributed by atoms with van der Waals surface area (Å²) < 4.78 is 11.0. The molecule has 1 saturated heterocycles. The minimum Gasteiger partial charge on any atom is -0.496 e. The lowest BCUT2D eigenvalue weighted by Crippen LogP contribution is -2.19. The molecule has 100 valence electrons. The molecule has 0 bridgehead atoms. The van der Waals surface area contributed by atoms with Gasteiger partial charge >= 0.3 is 0 Å². The number of aryl methyl sites for hydroxylation is 2. The maximum absolute atomic E-state index is 10.4. The van der Waals surface area contributed by atoms with Crippen molar-refractivity contribution in [3.63, 3.8) is 0 Å². The standard InChI is InChI=1S/C15H22O3/c1-9-8-14(17-4)10(2)7-12(9)15(16)13-6-5-11(3)18-13/h7-8,11,13,15-16H,5-6H2,1-4H3. The van der Waals surface area contributed by atoms with Gasteiger partial charge in [-0.15, -0.1) is 0 Å². The summed E-state index contributed by atoms with van der Waals surface area (Å²) in [5.41, 5.74) is 3.05. The molecule has 1 aliphatic rings. The van der Waals surface area contributed by atoms with Crippen LogP contribution in [0, 0.1) is 13.8 Å². The Balaban J connectivity index is 2.25. The highest BCUT2D eigenvalue weighted by molar-refractivity contribution is 5.42. The Kier molecular flexibility index (Phi) is 3.93.